The van der Waals surface area contributed by atoms with Gasteiger partial charge in [0, 0.05) is 11.4 Å². The monoisotopic (exact) mass is 228 g/mol. The topological polar surface area (TPSA) is 20.2 Å². The maximum Gasteiger partial charge on any atom is 0.123 e. The summed E-state index contributed by atoms with van der Waals surface area (Å²) in [5.74, 6) is -0.295. The molecule has 0 amide bonds. The normalized spacial score (nSPS) is 19.4. The van der Waals surface area contributed by atoms with E-state index in [9.17, 15) is 9.50 Å². The second-order valence-electron chi connectivity index (χ2n) is 4.34. The highest BCUT2D eigenvalue weighted by atomic mass is 35.5. The van der Waals surface area contributed by atoms with Gasteiger partial charge in [-0.05, 0) is 36.6 Å². The van der Waals surface area contributed by atoms with E-state index in [4.69, 9.17) is 11.6 Å². The highest BCUT2D eigenvalue weighted by Gasteiger charge is 2.31. The van der Waals surface area contributed by atoms with Gasteiger partial charge in [0.15, 0.2) is 0 Å². The molecule has 0 spiro atoms. The molecule has 1 nitrogen and oxygen atoms in total. The molecule has 1 fully saturated rings. The zero-order valence-corrected chi connectivity index (χ0v) is 9.23. The molecular weight excluding hydrogens is 215 g/mol. The van der Waals surface area contributed by atoms with Crippen LogP contribution in [0.15, 0.2) is 18.2 Å². The van der Waals surface area contributed by atoms with Gasteiger partial charge in [-0.25, -0.2) is 4.39 Å². The van der Waals surface area contributed by atoms with Gasteiger partial charge in [-0.1, -0.05) is 24.4 Å². The second-order valence-corrected chi connectivity index (χ2v) is 4.75. The van der Waals surface area contributed by atoms with E-state index in [0.29, 0.717) is 17.0 Å². The predicted molar refractivity (Wildman–Crippen MR) is 58.5 cm³/mol. The molecule has 2 rings (SSSR count). The maximum atomic E-state index is 13.0. The lowest BCUT2D eigenvalue weighted by atomic mass is 9.93. The lowest BCUT2D eigenvalue weighted by Crippen LogP contribution is -2.27. The summed E-state index contributed by atoms with van der Waals surface area (Å²) < 4.78 is 13.0. The minimum Gasteiger partial charge on any atom is -0.390 e. The third-order valence-electron chi connectivity index (χ3n) is 3.06. The van der Waals surface area contributed by atoms with Gasteiger partial charge in [-0.2, -0.15) is 0 Å². The predicted octanol–water partition coefficient (Wildman–Crippen LogP) is 3.33. The first-order chi connectivity index (χ1) is 7.09. The van der Waals surface area contributed by atoms with Crippen LogP contribution in [0, 0.1) is 5.82 Å². The summed E-state index contributed by atoms with van der Waals surface area (Å²) in [5.41, 5.74) is 0.0401. The first kappa shape index (κ1) is 10.9. The lowest BCUT2D eigenvalue weighted by molar-refractivity contribution is 0.0481. The van der Waals surface area contributed by atoms with Crippen molar-refractivity contribution in [1.29, 1.82) is 0 Å². The van der Waals surface area contributed by atoms with Gasteiger partial charge >= 0.3 is 0 Å². The van der Waals surface area contributed by atoms with Crippen molar-refractivity contribution in [2.24, 2.45) is 0 Å². The van der Waals surface area contributed by atoms with Crippen molar-refractivity contribution in [3.63, 3.8) is 0 Å². The number of hydrogen-bond donors (Lipinski definition) is 1. The van der Waals surface area contributed by atoms with E-state index >= 15 is 0 Å². The van der Waals surface area contributed by atoms with Crippen molar-refractivity contribution < 1.29 is 9.50 Å². The van der Waals surface area contributed by atoms with Crippen LogP contribution in [-0.2, 0) is 6.42 Å². The van der Waals surface area contributed by atoms with Gasteiger partial charge in [0.1, 0.15) is 5.82 Å². The van der Waals surface area contributed by atoms with E-state index in [-0.39, 0.29) is 5.82 Å². The second kappa shape index (κ2) is 4.11. The standard InChI is InChI=1S/C12H14ClFO/c13-11-4-3-10(14)7-9(11)8-12(15)5-1-2-6-12/h3-4,7,15H,1-2,5-6,8H2. The van der Waals surface area contributed by atoms with E-state index in [1.54, 1.807) is 6.07 Å². The summed E-state index contributed by atoms with van der Waals surface area (Å²) in [4.78, 5) is 0. The Kier molecular flexibility index (Phi) is 2.98. The van der Waals surface area contributed by atoms with Crippen LogP contribution >= 0.6 is 11.6 Å². The molecule has 82 valence electrons. The molecule has 0 unspecified atom stereocenters. The van der Waals surface area contributed by atoms with Crippen molar-refractivity contribution in [2.45, 2.75) is 37.7 Å². The Morgan fingerprint density at radius 1 is 1.33 bits per heavy atom. The van der Waals surface area contributed by atoms with Crippen LogP contribution < -0.4 is 0 Å². The van der Waals surface area contributed by atoms with E-state index in [1.165, 1.54) is 12.1 Å². The molecule has 0 aliphatic heterocycles. The molecule has 1 aromatic carbocycles. The van der Waals surface area contributed by atoms with Crippen LogP contribution in [0.2, 0.25) is 5.02 Å². The Bertz CT molecular complexity index is 359. The van der Waals surface area contributed by atoms with Crippen LogP contribution in [0.1, 0.15) is 31.2 Å². The summed E-state index contributed by atoms with van der Waals surface area (Å²) in [6.45, 7) is 0. The SMILES string of the molecule is OC1(Cc2cc(F)ccc2Cl)CCCC1. The van der Waals surface area contributed by atoms with Crippen LogP contribution in [0.5, 0.6) is 0 Å². The Morgan fingerprint density at radius 2 is 2.00 bits per heavy atom. The van der Waals surface area contributed by atoms with Gasteiger partial charge in [0.2, 0.25) is 0 Å². The molecule has 15 heavy (non-hydrogen) atoms. The van der Waals surface area contributed by atoms with Gasteiger partial charge in [0.05, 0.1) is 5.60 Å². The molecule has 0 heterocycles. The Morgan fingerprint density at radius 3 is 2.67 bits per heavy atom. The van der Waals surface area contributed by atoms with Crippen molar-refractivity contribution in [3.8, 4) is 0 Å². The fourth-order valence-electron chi connectivity index (χ4n) is 2.24. The zero-order chi connectivity index (χ0) is 10.9. The van der Waals surface area contributed by atoms with Crippen LogP contribution in [0.4, 0.5) is 4.39 Å². The average molecular weight is 229 g/mol. The number of rotatable bonds is 2. The number of benzene rings is 1. The van der Waals surface area contributed by atoms with E-state index < -0.39 is 5.60 Å². The Hall–Kier alpha value is -0.600. The van der Waals surface area contributed by atoms with Crippen LogP contribution in [0.25, 0.3) is 0 Å². The summed E-state index contributed by atoms with van der Waals surface area (Å²) >= 11 is 5.96. The van der Waals surface area contributed by atoms with Crippen LogP contribution in [0.3, 0.4) is 0 Å². The van der Waals surface area contributed by atoms with Gasteiger partial charge in [-0.3, -0.25) is 0 Å². The molecule has 1 aliphatic rings. The molecule has 1 aromatic rings. The minimum absolute atomic E-state index is 0.295. The van der Waals surface area contributed by atoms with E-state index in [1.807, 2.05) is 0 Å². The van der Waals surface area contributed by atoms with Crippen molar-refractivity contribution >= 4 is 11.6 Å². The molecular formula is C12H14ClFO. The Labute approximate surface area is 93.9 Å². The smallest absolute Gasteiger partial charge is 0.123 e. The molecule has 0 bridgehead atoms. The molecule has 0 aromatic heterocycles. The molecule has 0 saturated heterocycles. The van der Waals surface area contributed by atoms with Crippen LogP contribution in [-0.4, -0.2) is 10.7 Å². The summed E-state index contributed by atoms with van der Waals surface area (Å²) in [6.07, 6.45) is 4.14. The third-order valence-corrected chi connectivity index (χ3v) is 3.43. The lowest BCUT2D eigenvalue weighted by Gasteiger charge is -2.22. The van der Waals surface area contributed by atoms with E-state index in [2.05, 4.69) is 0 Å². The molecule has 0 atom stereocenters. The fraction of sp³-hybridized carbons (Fsp3) is 0.500. The minimum atomic E-state index is -0.669. The quantitative estimate of drug-likeness (QED) is 0.823. The van der Waals surface area contributed by atoms with Gasteiger partial charge in [0.25, 0.3) is 0 Å². The summed E-state index contributed by atoms with van der Waals surface area (Å²) in [6, 6.07) is 4.30. The third kappa shape index (κ3) is 2.50. The average Bonchev–Trinajstić information content (AvgIpc) is 2.59. The van der Waals surface area contributed by atoms with Crippen molar-refractivity contribution in [1.82, 2.24) is 0 Å². The number of aliphatic hydroxyl groups is 1. The molecule has 1 aliphatic carbocycles. The first-order valence-corrected chi connectivity index (χ1v) is 5.63. The Balaban J connectivity index is 2.19. The number of halogens is 2. The molecule has 0 radical (unpaired) electrons. The summed E-state index contributed by atoms with van der Waals surface area (Å²) in [7, 11) is 0. The molecule has 1 N–H and O–H groups in total. The maximum absolute atomic E-state index is 13.0. The van der Waals surface area contributed by atoms with Gasteiger partial charge < -0.3 is 5.11 Å². The van der Waals surface area contributed by atoms with Gasteiger partial charge in [-0.15, -0.1) is 0 Å². The highest BCUT2D eigenvalue weighted by molar-refractivity contribution is 6.31. The van der Waals surface area contributed by atoms with E-state index in [0.717, 1.165) is 25.7 Å². The molecule has 1 saturated carbocycles. The fourth-order valence-corrected chi connectivity index (χ4v) is 2.43. The van der Waals surface area contributed by atoms with Crippen molar-refractivity contribution in [2.75, 3.05) is 0 Å². The number of hydrogen-bond acceptors (Lipinski definition) is 1. The zero-order valence-electron chi connectivity index (χ0n) is 8.47. The molecule has 3 heteroatoms. The van der Waals surface area contributed by atoms with Crippen molar-refractivity contribution in [3.05, 3.63) is 34.6 Å². The largest absolute Gasteiger partial charge is 0.390 e. The summed E-state index contributed by atoms with van der Waals surface area (Å²) in [5, 5.41) is 10.7. The highest BCUT2D eigenvalue weighted by Crippen LogP contribution is 2.34. The first-order valence-electron chi connectivity index (χ1n) is 5.25.